The highest BCUT2D eigenvalue weighted by atomic mass is 15.0. The van der Waals surface area contributed by atoms with Crippen LogP contribution in [-0.4, -0.2) is 19.1 Å². The van der Waals surface area contributed by atoms with Gasteiger partial charge < -0.3 is 9.13 Å². The number of rotatable bonds is 4. The molecular weight excluding hydrogens is 741 g/mol. The van der Waals surface area contributed by atoms with Crippen molar-refractivity contribution in [3.05, 3.63) is 205 Å². The number of para-hydroxylation sites is 5. The normalized spacial score (nSPS) is 13.2. The minimum atomic E-state index is -0.134. The highest BCUT2D eigenvalue weighted by molar-refractivity contribution is 6.22. The van der Waals surface area contributed by atoms with Gasteiger partial charge in [0.05, 0.1) is 50.2 Å². The Labute approximate surface area is 352 Å². The zero-order chi connectivity index (χ0) is 40.4. The molecule has 13 rings (SSSR count). The molecule has 4 nitrogen and oxygen atoms in total. The quantitative estimate of drug-likeness (QED) is 0.178. The van der Waals surface area contributed by atoms with E-state index in [9.17, 15) is 0 Å². The van der Waals surface area contributed by atoms with Gasteiger partial charge in [-0.1, -0.05) is 159 Å². The number of hydrogen-bond acceptors (Lipinski definition) is 2. The van der Waals surface area contributed by atoms with Crippen LogP contribution in [0.3, 0.4) is 0 Å². The largest absolute Gasteiger partial charge is 0.309 e. The molecule has 0 aliphatic heterocycles. The zero-order valence-corrected chi connectivity index (χ0v) is 33.8. The predicted molar refractivity (Wildman–Crippen MR) is 254 cm³/mol. The molecule has 12 aromatic rings. The standard InChI is InChI=1S/C57H38N4/c1-57(2)44-26-9-5-23-41(44)52-43(25-16-27-45(52)57)55-54(58-46-28-10-11-29-47(46)59-55)36-18-15-19-37(33-36)60-50-32-14-8-24-42(50)53-51(60)34-35-17-3-4-20-38(35)56(53)61-48-30-12-6-21-39(48)40-22-7-13-31-49(40)61/h3-34H,1-2H3. The van der Waals surface area contributed by atoms with Crippen LogP contribution in [0, 0.1) is 0 Å². The molecule has 0 atom stereocenters. The fourth-order valence-corrected chi connectivity index (χ4v) is 10.6. The minimum Gasteiger partial charge on any atom is -0.309 e. The third-order valence-corrected chi connectivity index (χ3v) is 13.3. The summed E-state index contributed by atoms with van der Waals surface area (Å²) in [6, 6.07) is 70.4. The molecule has 0 fully saturated rings. The fraction of sp³-hybridized carbons (Fsp3) is 0.0526. The Morgan fingerprint density at radius 2 is 0.967 bits per heavy atom. The maximum absolute atomic E-state index is 5.46. The summed E-state index contributed by atoms with van der Waals surface area (Å²) in [6.45, 7) is 4.67. The number of hydrogen-bond donors (Lipinski definition) is 0. The lowest BCUT2D eigenvalue weighted by molar-refractivity contribution is 0.660. The van der Waals surface area contributed by atoms with Gasteiger partial charge >= 0.3 is 0 Å². The van der Waals surface area contributed by atoms with Gasteiger partial charge in [0.1, 0.15) is 0 Å². The van der Waals surface area contributed by atoms with Crippen molar-refractivity contribution in [2.24, 2.45) is 0 Å². The van der Waals surface area contributed by atoms with Crippen LogP contribution in [0.5, 0.6) is 0 Å². The van der Waals surface area contributed by atoms with Crippen molar-refractivity contribution in [3.63, 3.8) is 0 Å². The summed E-state index contributed by atoms with van der Waals surface area (Å²) in [5.41, 5.74) is 17.6. The molecule has 1 aliphatic carbocycles. The Morgan fingerprint density at radius 3 is 1.72 bits per heavy atom. The number of aromatic nitrogens is 4. The number of nitrogens with zero attached hydrogens (tertiary/aromatic N) is 4. The van der Waals surface area contributed by atoms with E-state index in [1.165, 1.54) is 71.3 Å². The van der Waals surface area contributed by atoms with E-state index in [2.05, 4.69) is 211 Å². The molecule has 3 heterocycles. The van der Waals surface area contributed by atoms with Crippen LogP contribution in [-0.2, 0) is 5.41 Å². The molecule has 61 heavy (non-hydrogen) atoms. The lowest BCUT2D eigenvalue weighted by atomic mass is 9.82. The summed E-state index contributed by atoms with van der Waals surface area (Å²) in [7, 11) is 0. The third kappa shape index (κ3) is 4.76. The lowest BCUT2D eigenvalue weighted by Crippen LogP contribution is -2.14. The van der Waals surface area contributed by atoms with Gasteiger partial charge in [-0.15, -0.1) is 0 Å². The topological polar surface area (TPSA) is 35.6 Å². The Balaban J connectivity index is 1.10. The molecule has 3 aromatic heterocycles. The van der Waals surface area contributed by atoms with Gasteiger partial charge in [-0.05, 0) is 76.2 Å². The predicted octanol–water partition coefficient (Wildman–Crippen LogP) is 14.6. The van der Waals surface area contributed by atoms with Crippen molar-refractivity contribution >= 4 is 65.4 Å². The SMILES string of the molecule is CC1(C)c2ccccc2-c2c(-c3nc4ccccc4nc3-c3cccc(-n4c5ccccc5c5c(-n6c7ccccc7c7ccccc76)c6ccccc6cc54)c3)cccc21. The molecule has 286 valence electrons. The molecule has 0 amide bonds. The number of benzene rings is 9. The summed E-state index contributed by atoms with van der Waals surface area (Å²) in [6.07, 6.45) is 0. The van der Waals surface area contributed by atoms with Crippen molar-refractivity contribution in [3.8, 4) is 45.0 Å². The van der Waals surface area contributed by atoms with E-state index in [4.69, 9.17) is 9.97 Å². The van der Waals surface area contributed by atoms with Crippen LogP contribution in [0.1, 0.15) is 25.0 Å². The Kier molecular flexibility index (Phi) is 7.04. The number of fused-ring (bicyclic) bond motifs is 11. The third-order valence-electron chi connectivity index (χ3n) is 13.3. The van der Waals surface area contributed by atoms with Crippen molar-refractivity contribution in [1.82, 2.24) is 19.1 Å². The van der Waals surface area contributed by atoms with E-state index in [1.54, 1.807) is 0 Å². The monoisotopic (exact) mass is 778 g/mol. The van der Waals surface area contributed by atoms with Crippen molar-refractivity contribution in [2.45, 2.75) is 19.3 Å². The Hall–Kier alpha value is -7.82. The molecular formula is C57H38N4. The zero-order valence-electron chi connectivity index (χ0n) is 33.8. The molecule has 0 bridgehead atoms. The van der Waals surface area contributed by atoms with E-state index in [0.29, 0.717) is 0 Å². The molecule has 0 unspecified atom stereocenters. The van der Waals surface area contributed by atoms with Crippen molar-refractivity contribution in [2.75, 3.05) is 0 Å². The first kappa shape index (κ1) is 34.1. The maximum Gasteiger partial charge on any atom is 0.0979 e. The molecule has 1 aliphatic rings. The molecule has 9 aromatic carbocycles. The van der Waals surface area contributed by atoms with E-state index in [1.807, 2.05) is 6.07 Å². The molecule has 0 N–H and O–H groups in total. The van der Waals surface area contributed by atoms with Crippen molar-refractivity contribution < 1.29 is 0 Å². The van der Waals surface area contributed by atoms with E-state index in [0.717, 1.165) is 50.3 Å². The second-order valence-electron chi connectivity index (χ2n) is 16.9. The molecule has 0 radical (unpaired) electrons. The molecule has 0 saturated carbocycles. The average molecular weight is 779 g/mol. The average Bonchev–Trinajstić information content (AvgIpc) is 3.91. The first-order chi connectivity index (χ1) is 30.0. The Bertz CT molecular complexity index is 3750. The van der Waals surface area contributed by atoms with Crippen molar-refractivity contribution in [1.29, 1.82) is 0 Å². The summed E-state index contributed by atoms with van der Waals surface area (Å²) in [5, 5.41) is 7.33. The second kappa shape index (κ2) is 12.6. The van der Waals surface area contributed by atoms with E-state index < -0.39 is 0 Å². The minimum absolute atomic E-state index is 0.134. The van der Waals surface area contributed by atoms with E-state index >= 15 is 0 Å². The molecule has 0 saturated heterocycles. The summed E-state index contributed by atoms with van der Waals surface area (Å²) in [4.78, 5) is 10.9. The Morgan fingerprint density at radius 1 is 0.410 bits per heavy atom. The van der Waals surface area contributed by atoms with Gasteiger partial charge in [-0.3, -0.25) is 0 Å². The van der Waals surface area contributed by atoms with Gasteiger partial charge in [0, 0.05) is 49.2 Å². The van der Waals surface area contributed by atoms with Gasteiger partial charge in [-0.25, -0.2) is 9.97 Å². The summed E-state index contributed by atoms with van der Waals surface area (Å²) in [5.74, 6) is 0. The smallest absolute Gasteiger partial charge is 0.0979 e. The van der Waals surface area contributed by atoms with Gasteiger partial charge in [-0.2, -0.15) is 0 Å². The van der Waals surface area contributed by atoms with Crippen LogP contribution in [0.4, 0.5) is 0 Å². The van der Waals surface area contributed by atoms with Gasteiger partial charge in [0.15, 0.2) is 0 Å². The second-order valence-corrected chi connectivity index (χ2v) is 16.9. The highest BCUT2D eigenvalue weighted by Gasteiger charge is 2.37. The molecule has 4 heteroatoms. The van der Waals surface area contributed by atoms with E-state index in [-0.39, 0.29) is 5.41 Å². The molecule has 0 spiro atoms. The van der Waals surface area contributed by atoms with Crippen LogP contribution in [0.25, 0.3) is 110 Å². The van der Waals surface area contributed by atoms with Crippen LogP contribution in [0.2, 0.25) is 0 Å². The summed E-state index contributed by atoms with van der Waals surface area (Å²) < 4.78 is 4.95. The lowest BCUT2D eigenvalue weighted by Gasteiger charge is -2.21. The van der Waals surface area contributed by atoms with Crippen LogP contribution >= 0.6 is 0 Å². The highest BCUT2D eigenvalue weighted by Crippen LogP contribution is 2.53. The van der Waals surface area contributed by atoms with Gasteiger partial charge in [0.2, 0.25) is 0 Å². The first-order valence-corrected chi connectivity index (χ1v) is 21.1. The van der Waals surface area contributed by atoms with Crippen LogP contribution in [0.15, 0.2) is 194 Å². The maximum atomic E-state index is 5.46. The summed E-state index contributed by atoms with van der Waals surface area (Å²) >= 11 is 0. The van der Waals surface area contributed by atoms with Crippen LogP contribution < -0.4 is 0 Å². The first-order valence-electron chi connectivity index (χ1n) is 21.1. The van der Waals surface area contributed by atoms with Gasteiger partial charge in [0.25, 0.3) is 0 Å². The fourth-order valence-electron chi connectivity index (χ4n) is 10.6.